The van der Waals surface area contributed by atoms with E-state index in [1.54, 1.807) is 30.3 Å². The minimum atomic E-state index is -0.509. The highest BCUT2D eigenvalue weighted by Crippen LogP contribution is 2.09. The van der Waals surface area contributed by atoms with Crippen LogP contribution in [0.1, 0.15) is 20.9 Å². The smallest absolute Gasteiger partial charge is 0.293 e. The number of benzene rings is 1. The minimum absolute atomic E-state index is 0.123. The fraction of sp³-hybridized carbons (Fsp3) is 0. The molecule has 0 spiro atoms. The van der Waals surface area contributed by atoms with Crippen molar-refractivity contribution in [3.8, 4) is 0 Å². The molecule has 0 aliphatic rings. The number of hydrogen-bond acceptors (Lipinski definition) is 4. The lowest BCUT2D eigenvalue weighted by Crippen LogP contribution is -2.33. The molecule has 0 fully saturated rings. The van der Waals surface area contributed by atoms with E-state index in [2.05, 4.69) is 10.6 Å². The van der Waals surface area contributed by atoms with Crippen LogP contribution in [0.4, 0.5) is 5.69 Å². The van der Waals surface area contributed by atoms with E-state index in [-0.39, 0.29) is 10.9 Å². The Balaban J connectivity index is 1.94. The Bertz CT molecular complexity index is 635. The van der Waals surface area contributed by atoms with E-state index in [9.17, 15) is 9.59 Å². The average Bonchev–Trinajstić information content (AvgIpc) is 2.93. The van der Waals surface area contributed by atoms with Gasteiger partial charge in [-0.05, 0) is 48.6 Å². The van der Waals surface area contributed by atoms with E-state index in [1.807, 2.05) is 0 Å². The molecule has 1 aromatic carbocycles. The van der Waals surface area contributed by atoms with Crippen molar-refractivity contribution >= 4 is 34.8 Å². The second-order valence-electron chi connectivity index (χ2n) is 3.83. The number of nitrogens with two attached hydrogens (primary N) is 1. The first kappa shape index (κ1) is 13.8. The molecule has 102 valence electrons. The topological polar surface area (TPSA) is 97.4 Å². The van der Waals surface area contributed by atoms with Gasteiger partial charge in [-0.2, -0.15) is 0 Å². The zero-order valence-electron chi connectivity index (χ0n) is 10.3. The number of thiocarbonyl (C=S) groups is 1. The quantitative estimate of drug-likeness (QED) is 0.744. The fourth-order valence-electron chi connectivity index (χ4n) is 1.45. The first-order chi connectivity index (χ1) is 9.56. The van der Waals surface area contributed by atoms with E-state index >= 15 is 0 Å². The fourth-order valence-corrected chi connectivity index (χ4v) is 1.66. The molecule has 1 heterocycles. The number of carbonyl (C=O) groups excluding carboxylic acids is 2. The molecule has 7 heteroatoms. The molecule has 2 amide bonds. The van der Waals surface area contributed by atoms with Crippen LogP contribution < -0.4 is 16.4 Å². The Labute approximate surface area is 119 Å². The lowest BCUT2D eigenvalue weighted by molar-refractivity contribution is 0.0949. The summed E-state index contributed by atoms with van der Waals surface area (Å²) in [5.74, 6) is -0.787. The van der Waals surface area contributed by atoms with Crippen LogP contribution in [0.25, 0.3) is 0 Å². The Morgan fingerprint density at radius 1 is 1.15 bits per heavy atom. The van der Waals surface area contributed by atoms with Crippen LogP contribution in [-0.2, 0) is 0 Å². The first-order valence-corrected chi connectivity index (χ1v) is 6.03. The number of nitrogens with one attached hydrogen (secondary N) is 2. The Kier molecular flexibility index (Phi) is 4.11. The number of carbonyl (C=O) groups is 2. The number of amides is 2. The van der Waals surface area contributed by atoms with Crippen molar-refractivity contribution in [3.63, 3.8) is 0 Å². The summed E-state index contributed by atoms with van der Waals surface area (Å²) in [6.07, 6.45) is 1.40. The maximum absolute atomic E-state index is 11.7. The maximum atomic E-state index is 11.7. The van der Waals surface area contributed by atoms with Gasteiger partial charge in [0, 0.05) is 11.3 Å². The highest BCUT2D eigenvalue weighted by Gasteiger charge is 2.10. The van der Waals surface area contributed by atoms with Crippen molar-refractivity contribution in [1.29, 1.82) is 0 Å². The van der Waals surface area contributed by atoms with Crippen LogP contribution in [-0.4, -0.2) is 16.9 Å². The molecule has 0 atom stereocenters. The summed E-state index contributed by atoms with van der Waals surface area (Å²) < 4.78 is 4.94. The molecule has 4 N–H and O–H groups in total. The molecule has 0 radical (unpaired) electrons. The molecule has 0 saturated carbocycles. The Morgan fingerprint density at radius 3 is 2.40 bits per heavy atom. The average molecular weight is 289 g/mol. The standard InChI is InChI=1S/C13H11N3O3S/c14-11(17)8-3-5-9(6-4-8)15-13(20)16-12(18)10-2-1-7-19-10/h1-7H,(H2,14,17)(H2,15,16,18,20). The monoisotopic (exact) mass is 289 g/mol. The van der Waals surface area contributed by atoms with Gasteiger partial charge in [0.05, 0.1) is 6.26 Å². The van der Waals surface area contributed by atoms with Crippen LogP contribution in [0.3, 0.4) is 0 Å². The van der Waals surface area contributed by atoms with Crippen molar-refractivity contribution < 1.29 is 14.0 Å². The third kappa shape index (κ3) is 3.42. The van der Waals surface area contributed by atoms with Crippen LogP contribution >= 0.6 is 12.2 Å². The molecule has 2 aromatic rings. The van der Waals surface area contributed by atoms with Crippen LogP contribution in [0, 0.1) is 0 Å². The molecule has 0 unspecified atom stereocenters. The van der Waals surface area contributed by atoms with E-state index in [4.69, 9.17) is 22.4 Å². The van der Waals surface area contributed by atoms with Crippen LogP contribution in [0.2, 0.25) is 0 Å². The summed E-state index contributed by atoms with van der Waals surface area (Å²) in [4.78, 5) is 22.6. The Hall–Kier alpha value is -2.67. The molecule has 6 nitrogen and oxygen atoms in total. The number of primary amides is 1. The number of anilines is 1. The van der Waals surface area contributed by atoms with Crippen molar-refractivity contribution in [2.24, 2.45) is 5.73 Å². The van der Waals surface area contributed by atoms with Crippen LogP contribution in [0.5, 0.6) is 0 Å². The van der Waals surface area contributed by atoms with Crippen molar-refractivity contribution in [3.05, 3.63) is 54.0 Å². The first-order valence-electron chi connectivity index (χ1n) is 5.62. The van der Waals surface area contributed by atoms with Gasteiger partial charge in [-0.15, -0.1) is 0 Å². The van der Waals surface area contributed by atoms with Gasteiger partial charge in [0.15, 0.2) is 10.9 Å². The van der Waals surface area contributed by atoms with Gasteiger partial charge >= 0.3 is 0 Å². The third-order valence-corrected chi connectivity index (χ3v) is 2.60. The van der Waals surface area contributed by atoms with Crippen LogP contribution in [0.15, 0.2) is 47.1 Å². The zero-order valence-corrected chi connectivity index (χ0v) is 11.1. The van der Waals surface area contributed by atoms with Crippen molar-refractivity contribution in [1.82, 2.24) is 5.32 Å². The lowest BCUT2D eigenvalue weighted by atomic mass is 10.2. The SMILES string of the molecule is NC(=O)c1ccc(NC(=S)NC(=O)c2ccco2)cc1. The number of furan rings is 1. The normalized spacial score (nSPS) is 9.80. The molecular formula is C13H11N3O3S. The summed E-state index contributed by atoms with van der Waals surface area (Å²) in [7, 11) is 0. The lowest BCUT2D eigenvalue weighted by Gasteiger charge is -2.08. The maximum Gasteiger partial charge on any atom is 0.293 e. The molecule has 1 aromatic heterocycles. The summed E-state index contributed by atoms with van der Waals surface area (Å²) in [6.45, 7) is 0. The summed E-state index contributed by atoms with van der Waals surface area (Å²) in [6, 6.07) is 9.51. The van der Waals surface area contributed by atoms with Gasteiger partial charge in [0.25, 0.3) is 5.91 Å². The largest absolute Gasteiger partial charge is 0.459 e. The Morgan fingerprint density at radius 2 is 1.85 bits per heavy atom. The predicted molar refractivity (Wildman–Crippen MR) is 77.4 cm³/mol. The third-order valence-electron chi connectivity index (χ3n) is 2.40. The van der Waals surface area contributed by atoms with E-state index < -0.39 is 11.8 Å². The van der Waals surface area contributed by atoms with Gasteiger partial charge in [-0.1, -0.05) is 0 Å². The molecule has 2 rings (SSSR count). The van der Waals surface area contributed by atoms with Gasteiger partial charge in [0.1, 0.15) is 0 Å². The number of rotatable bonds is 3. The van der Waals surface area contributed by atoms with Crippen molar-refractivity contribution in [2.45, 2.75) is 0 Å². The molecule has 0 bridgehead atoms. The second-order valence-corrected chi connectivity index (χ2v) is 4.24. The zero-order chi connectivity index (χ0) is 14.5. The predicted octanol–water partition coefficient (Wildman–Crippen LogP) is 1.51. The molecule has 20 heavy (non-hydrogen) atoms. The van der Waals surface area contributed by atoms with Gasteiger partial charge in [-0.3, -0.25) is 14.9 Å². The molecule has 0 aliphatic carbocycles. The van der Waals surface area contributed by atoms with E-state index in [0.29, 0.717) is 11.3 Å². The molecule has 0 saturated heterocycles. The molecule has 0 aliphatic heterocycles. The molecular weight excluding hydrogens is 278 g/mol. The summed E-state index contributed by atoms with van der Waals surface area (Å²) in [5.41, 5.74) is 6.15. The van der Waals surface area contributed by atoms with E-state index in [0.717, 1.165) is 0 Å². The van der Waals surface area contributed by atoms with E-state index in [1.165, 1.54) is 12.3 Å². The van der Waals surface area contributed by atoms with Gasteiger partial charge < -0.3 is 15.5 Å². The highest BCUT2D eigenvalue weighted by molar-refractivity contribution is 7.80. The van der Waals surface area contributed by atoms with Gasteiger partial charge in [-0.25, -0.2) is 0 Å². The number of hydrogen-bond donors (Lipinski definition) is 3. The highest BCUT2D eigenvalue weighted by atomic mass is 32.1. The van der Waals surface area contributed by atoms with Gasteiger partial charge in [0.2, 0.25) is 5.91 Å². The summed E-state index contributed by atoms with van der Waals surface area (Å²) in [5, 5.41) is 5.39. The summed E-state index contributed by atoms with van der Waals surface area (Å²) >= 11 is 4.99. The minimum Gasteiger partial charge on any atom is -0.459 e. The van der Waals surface area contributed by atoms with Crippen molar-refractivity contribution in [2.75, 3.05) is 5.32 Å². The second kappa shape index (κ2) is 5.98.